The molecule has 0 saturated carbocycles. The van der Waals surface area contributed by atoms with Crippen molar-refractivity contribution in [2.75, 3.05) is 121 Å². The van der Waals surface area contributed by atoms with Gasteiger partial charge in [-0.05, 0) is 95.9 Å². The number of esters is 1. The van der Waals surface area contributed by atoms with Crippen molar-refractivity contribution in [2.45, 2.75) is 118 Å². The maximum Gasteiger partial charge on any atom is 0.407 e. The van der Waals surface area contributed by atoms with Crippen LogP contribution in [-0.4, -0.2) is 305 Å². The molecule has 23 N–H and O–H groups in total. The van der Waals surface area contributed by atoms with Crippen LogP contribution in [0.4, 0.5) is 19.2 Å². The Kier molecular flexibility index (Phi) is 43.4. The molecule has 0 aliphatic carbocycles. The van der Waals surface area contributed by atoms with Gasteiger partial charge in [-0.25, -0.2) is 24.0 Å². The summed E-state index contributed by atoms with van der Waals surface area (Å²) in [5.74, 6) is -5.96. The number of rotatable bonds is 28. The lowest BCUT2D eigenvalue weighted by molar-refractivity contribution is -0.133. The zero-order valence-corrected chi connectivity index (χ0v) is 66.4. The third kappa shape index (κ3) is 43.6. The molecule has 5 aliphatic heterocycles. The second-order valence-corrected chi connectivity index (χ2v) is 26.6. The minimum absolute atomic E-state index is 0.0276. The monoisotopic (exact) mass is 1620 g/mol. The van der Waals surface area contributed by atoms with Crippen LogP contribution >= 0.6 is 0 Å². The van der Waals surface area contributed by atoms with E-state index in [1.807, 2.05) is 0 Å². The van der Waals surface area contributed by atoms with Crippen molar-refractivity contribution in [3.63, 3.8) is 0 Å². The molecule has 5 aliphatic rings. The van der Waals surface area contributed by atoms with E-state index in [2.05, 4.69) is 168 Å². The number of amides is 13. The van der Waals surface area contributed by atoms with Gasteiger partial charge in [0.2, 0.25) is 52.5 Å². The molecule has 0 fully saturated rings. The third-order valence-electron chi connectivity index (χ3n) is 11.6. The molecular formula is C60H105N33O21. The fraction of sp³-hybridized carbons (Fsp3) is 0.600. The van der Waals surface area contributed by atoms with Crippen molar-refractivity contribution < 1.29 is 101 Å². The van der Waals surface area contributed by atoms with Gasteiger partial charge in [0.25, 0.3) is 59.0 Å². The molecular weight excluding hydrogens is 1520 g/mol. The van der Waals surface area contributed by atoms with Crippen molar-refractivity contribution in [3.8, 4) is 0 Å². The lowest BCUT2D eigenvalue weighted by Crippen LogP contribution is -2.49. The van der Waals surface area contributed by atoms with Crippen LogP contribution in [0.3, 0.4) is 0 Å². The number of amidine groups is 10. The Balaban J connectivity index is 0.000000744. The summed E-state index contributed by atoms with van der Waals surface area (Å²) in [6, 6.07) is 0. The minimum Gasteiger partial charge on any atom is -0.463 e. The SMILES string of the molecule is CC(C)(C)OC(=O)NCCCNC(=O)C1=NNC(C(=O)NCCCNC(=O)OC(C)(C)C)=NN1.CC(C)(C)OC(=O)NCCNC(=O)C1=NNC(C(=O)NCCNC(=O)OC(C)(C)C)=NN1.CN(C)C(=O)C1=NNC(C(=O)N(C)C)=NN1.CNC(=O)C1=NNC(C(=O)OC)=NN1.O=C(NCCO)C1=NNC(C(=O)NCCO)=NN1. The molecule has 0 saturated heterocycles. The van der Waals surface area contributed by atoms with Gasteiger partial charge in [0.15, 0.2) is 0 Å². The van der Waals surface area contributed by atoms with Gasteiger partial charge in [0.05, 0.1) is 20.3 Å². The lowest BCUT2D eigenvalue weighted by Gasteiger charge is -2.20. The molecule has 636 valence electrons. The van der Waals surface area contributed by atoms with Crippen molar-refractivity contribution in [1.82, 2.24) is 123 Å². The van der Waals surface area contributed by atoms with Crippen molar-refractivity contribution in [1.29, 1.82) is 0 Å². The first-order chi connectivity index (χ1) is 53.3. The van der Waals surface area contributed by atoms with Gasteiger partial charge in [-0.2, -0.15) is 0 Å². The number of methoxy groups -OCH3 is 1. The number of hydrogen-bond donors (Lipinski definition) is 23. The first kappa shape index (κ1) is 98.4. The summed E-state index contributed by atoms with van der Waals surface area (Å²) in [6.07, 6.45) is -1.29. The van der Waals surface area contributed by atoms with E-state index in [4.69, 9.17) is 29.2 Å². The zero-order chi connectivity index (χ0) is 86.4. The molecule has 0 atom stereocenters. The summed E-state index contributed by atoms with van der Waals surface area (Å²) in [5, 5.41) is 81.3. The fourth-order valence-electron chi connectivity index (χ4n) is 6.71. The average Bonchev–Trinajstić information content (AvgIpc) is 0.860. The molecule has 0 spiro atoms. The summed E-state index contributed by atoms with van der Waals surface area (Å²) < 4.78 is 24.7. The Morgan fingerprint density at radius 2 is 0.491 bits per heavy atom. The van der Waals surface area contributed by atoms with Crippen LogP contribution in [0.25, 0.3) is 0 Å². The quantitative estimate of drug-likeness (QED) is 0.0196. The molecule has 13 amide bonds. The molecule has 0 bridgehead atoms. The molecule has 0 aromatic carbocycles. The molecule has 5 heterocycles. The predicted octanol–water partition coefficient (Wildman–Crippen LogP) is -9.31. The number of ether oxygens (including phenoxy) is 5. The third-order valence-corrected chi connectivity index (χ3v) is 11.6. The number of aliphatic hydroxyl groups excluding tert-OH is 2. The topological polar surface area (TPSA) is 708 Å². The number of aliphatic hydroxyl groups is 2. The predicted molar refractivity (Wildman–Crippen MR) is 408 cm³/mol. The van der Waals surface area contributed by atoms with E-state index < -0.39 is 94.1 Å². The van der Waals surface area contributed by atoms with Crippen LogP contribution in [0, 0.1) is 0 Å². The van der Waals surface area contributed by atoms with E-state index >= 15 is 0 Å². The Morgan fingerprint density at radius 1 is 0.298 bits per heavy atom. The highest BCUT2D eigenvalue weighted by Gasteiger charge is 2.27. The first-order valence-electron chi connectivity index (χ1n) is 34.2. The molecule has 0 radical (unpaired) electrons. The Labute approximate surface area is 653 Å². The van der Waals surface area contributed by atoms with E-state index in [0.29, 0.717) is 25.9 Å². The number of likely N-dealkylation sites (N-methyl/N-ethyl adjacent to an activating group) is 3. The van der Waals surface area contributed by atoms with Crippen LogP contribution in [0.5, 0.6) is 0 Å². The van der Waals surface area contributed by atoms with E-state index in [0.717, 1.165) is 0 Å². The smallest absolute Gasteiger partial charge is 0.407 e. The molecule has 0 unspecified atom stereocenters. The molecule has 54 heteroatoms. The summed E-state index contributed by atoms with van der Waals surface area (Å²) in [5.41, 5.74) is 21.2. The number of hydrazone groups is 10. The van der Waals surface area contributed by atoms with Gasteiger partial charge in [-0.1, -0.05) is 0 Å². The standard InChI is InChI=1S/C20H36N8O6.C18H32N8O6.C8H14N6O4.C8H14N6O2.C6H9N5O3/c1-19(2,3)33-17(31)23-11-7-9-21-15(29)13-25-27-14(28-26-13)16(30)22-10-8-12-24-18(32)34-20(4,5)6;1-17(2,3)31-15(29)21-9-7-19-13(27)11-23-25-12(26-24-11)14(28)20-8-10-22-16(30)32-18(4,5)6;15-3-1-9-7(17)5-11-13-6(14-12-5)8(18)10-2-4-16;1-13(2)7(15)5-9-11-6(12-10-5)8(16)14(3)4;1-7-5(12)3-8-10-4(11-9-3)6(13)14-2/h7-12H2,1-6H3,(H,21,29)(H,22,30)(H,23,31)(H,24,32)(H,25,26)(H,27,28);7-10H2,1-6H3,(H,19,27)(H,20,28)(H,21,29)(H,22,30)(H,23,24)(H,25,26);15-16H,1-4H2,(H,9,17)(H,10,18)(H,11,12)(H,13,14);1-4H3,(H,9,10)(H,11,12);1-2H3,(H,7,12)(H,8,9)(H,10,11). The van der Waals surface area contributed by atoms with E-state index in [-0.39, 0.29) is 136 Å². The van der Waals surface area contributed by atoms with Crippen LogP contribution in [-0.2, 0) is 71.6 Å². The maximum atomic E-state index is 12.1. The Hall–Kier alpha value is -13.6. The van der Waals surface area contributed by atoms with Crippen molar-refractivity contribution in [3.05, 3.63) is 0 Å². The molecule has 0 aromatic heterocycles. The summed E-state index contributed by atoms with van der Waals surface area (Å²) in [7, 11) is 9.04. The number of nitrogens with one attached hydrogen (secondary N) is 21. The van der Waals surface area contributed by atoms with Crippen LogP contribution in [0.15, 0.2) is 51.0 Å². The van der Waals surface area contributed by atoms with Crippen LogP contribution in [0.2, 0.25) is 0 Å². The number of carbonyl (C=O) groups excluding carboxylic acids is 14. The second kappa shape index (κ2) is 50.2. The van der Waals surface area contributed by atoms with Crippen LogP contribution in [0.1, 0.15) is 95.9 Å². The highest BCUT2D eigenvalue weighted by Crippen LogP contribution is 2.09. The molecule has 5 rings (SSSR count). The van der Waals surface area contributed by atoms with Gasteiger partial charge >= 0.3 is 30.3 Å². The average molecular weight is 1620 g/mol. The molecule has 114 heavy (non-hydrogen) atoms. The van der Waals surface area contributed by atoms with E-state index in [1.165, 1.54) is 24.0 Å². The number of nitrogens with zero attached hydrogens (tertiary/aromatic N) is 12. The Morgan fingerprint density at radius 3 is 0.702 bits per heavy atom. The summed E-state index contributed by atoms with van der Waals surface area (Å²) in [6.45, 7) is 22.6. The molecule has 54 nitrogen and oxygen atoms in total. The van der Waals surface area contributed by atoms with E-state index in [1.54, 1.807) is 111 Å². The van der Waals surface area contributed by atoms with Crippen molar-refractivity contribution in [2.24, 2.45) is 51.0 Å². The Bertz CT molecular complexity index is 3460. The molecule has 0 aromatic rings. The minimum atomic E-state index is -0.669. The largest absolute Gasteiger partial charge is 0.463 e. The number of hydrogen-bond acceptors (Lipinski definition) is 41. The zero-order valence-electron chi connectivity index (χ0n) is 66.4. The van der Waals surface area contributed by atoms with Crippen molar-refractivity contribution >= 4 is 142 Å². The lowest BCUT2D eigenvalue weighted by atomic mass is 10.2. The second-order valence-electron chi connectivity index (χ2n) is 26.6. The maximum absolute atomic E-state index is 12.1. The number of carbonyl (C=O) groups is 14. The van der Waals surface area contributed by atoms with Gasteiger partial charge in [-0.15, -0.1) is 51.0 Å². The normalized spacial score (nSPS) is 13.5. The van der Waals surface area contributed by atoms with Gasteiger partial charge < -0.3 is 102 Å². The van der Waals surface area contributed by atoms with Gasteiger partial charge in [-0.3, -0.25) is 97.4 Å². The van der Waals surface area contributed by atoms with E-state index in [9.17, 15) is 67.1 Å². The fourth-order valence-corrected chi connectivity index (χ4v) is 6.71. The first-order valence-corrected chi connectivity index (χ1v) is 34.2. The van der Waals surface area contributed by atoms with Crippen LogP contribution < -0.4 is 113 Å². The van der Waals surface area contributed by atoms with Gasteiger partial charge in [0, 0.05) is 101 Å². The highest BCUT2D eigenvalue weighted by molar-refractivity contribution is 6.45. The van der Waals surface area contributed by atoms with Gasteiger partial charge in [0.1, 0.15) is 22.4 Å². The highest BCUT2D eigenvalue weighted by atomic mass is 16.6. The summed E-state index contributed by atoms with van der Waals surface area (Å²) in [4.78, 5) is 164. The number of alkyl carbamates (subject to hydrolysis) is 4. The summed E-state index contributed by atoms with van der Waals surface area (Å²) >= 11 is 0.